The number of rotatable bonds is 8. The fraction of sp³-hybridized carbons (Fsp3) is 0.120. The van der Waals surface area contributed by atoms with E-state index >= 15 is 0 Å². The van der Waals surface area contributed by atoms with Crippen molar-refractivity contribution < 1.29 is 41.3 Å². The molecule has 41 heavy (non-hydrogen) atoms. The zero-order valence-corrected chi connectivity index (χ0v) is 24.6. The van der Waals surface area contributed by atoms with Crippen LogP contribution in [0.1, 0.15) is 11.1 Å². The van der Waals surface area contributed by atoms with Crippen molar-refractivity contribution in [3.8, 4) is 23.0 Å². The minimum atomic E-state index is -4.49. The van der Waals surface area contributed by atoms with Gasteiger partial charge in [0.25, 0.3) is 16.8 Å². The molecule has 0 atom stereocenters. The van der Waals surface area contributed by atoms with Gasteiger partial charge in [-0.3, -0.25) is 24.6 Å². The number of nitro benzene ring substituents is 1. The van der Waals surface area contributed by atoms with Gasteiger partial charge in [-0.1, -0.05) is 17.7 Å². The molecule has 5 rings (SSSR count). The topological polar surface area (TPSA) is 152 Å². The number of carbonyl (C=O) groups excluding carboxylic acids is 2. The first-order valence-corrected chi connectivity index (χ1v) is 14.8. The van der Waals surface area contributed by atoms with Crippen LogP contribution in [0.15, 0.2) is 62.8 Å². The molecule has 3 aromatic rings. The van der Waals surface area contributed by atoms with Crippen LogP contribution in [-0.2, 0) is 21.5 Å². The van der Waals surface area contributed by atoms with E-state index in [4.69, 9.17) is 30.0 Å². The van der Waals surface area contributed by atoms with E-state index in [0.29, 0.717) is 27.6 Å². The van der Waals surface area contributed by atoms with Crippen LogP contribution in [-0.4, -0.2) is 43.3 Å². The minimum Gasteiger partial charge on any atom is -0.493 e. The highest BCUT2D eigenvalue weighted by Gasteiger charge is 2.36. The van der Waals surface area contributed by atoms with E-state index in [9.17, 15) is 28.1 Å². The molecule has 0 radical (unpaired) electrons. The first kappa shape index (κ1) is 28.7. The Balaban J connectivity index is 1.39. The van der Waals surface area contributed by atoms with Gasteiger partial charge in [-0.05, 0) is 69.2 Å². The van der Waals surface area contributed by atoms with Crippen LogP contribution < -0.4 is 18.4 Å². The molecule has 1 saturated heterocycles. The number of nitrogens with zero attached hydrogens (tertiary/aromatic N) is 2. The molecule has 0 aromatic heterocycles. The molecular weight excluding hydrogens is 668 g/mol. The van der Waals surface area contributed by atoms with Gasteiger partial charge in [0.15, 0.2) is 23.0 Å². The fourth-order valence-electron chi connectivity index (χ4n) is 3.85. The number of halogens is 2. The lowest BCUT2D eigenvalue weighted by atomic mass is 10.1. The number of methoxy groups -OCH3 is 1. The Morgan fingerprint density at radius 2 is 1.90 bits per heavy atom. The maximum atomic E-state index is 13.1. The molecule has 2 heterocycles. The Kier molecular flexibility index (Phi) is 7.87. The van der Waals surface area contributed by atoms with Crippen LogP contribution >= 0.6 is 39.3 Å². The van der Waals surface area contributed by atoms with Crippen LogP contribution in [0, 0.1) is 10.1 Å². The lowest BCUT2D eigenvalue weighted by Gasteiger charge is -2.14. The van der Waals surface area contributed by atoms with Crippen molar-refractivity contribution in [2.24, 2.45) is 0 Å². The molecule has 0 aliphatic carbocycles. The summed E-state index contributed by atoms with van der Waals surface area (Å²) in [5.74, 6) is 0.126. The second-order valence-corrected chi connectivity index (χ2v) is 12.2. The lowest BCUT2D eigenvalue weighted by Crippen LogP contribution is -2.27. The SMILES string of the molecule is COc1cc(/C=C2\SC(=O)N(Cc3cc4c(cc3Cl)OCO4)C2=O)cc(Br)c1OS(=O)(=O)c1cccc([N+](=O)[O-])c1. The molecule has 12 nitrogen and oxygen atoms in total. The maximum Gasteiger partial charge on any atom is 0.339 e. The fourth-order valence-corrected chi connectivity index (χ4v) is 6.55. The number of imide groups is 1. The highest BCUT2D eigenvalue weighted by molar-refractivity contribution is 9.10. The summed E-state index contributed by atoms with van der Waals surface area (Å²) in [6, 6.07) is 10.4. The number of non-ortho nitro benzene ring substituents is 1. The molecule has 2 amide bonds. The van der Waals surface area contributed by atoms with Gasteiger partial charge in [0, 0.05) is 23.2 Å². The molecular formula is C25H16BrClN2O10S2. The molecule has 212 valence electrons. The zero-order valence-electron chi connectivity index (χ0n) is 20.7. The van der Waals surface area contributed by atoms with Gasteiger partial charge < -0.3 is 18.4 Å². The Morgan fingerprint density at radius 3 is 2.61 bits per heavy atom. The second-order valence-electron chi connectivity index (χ2n) is 8.39. The van der Waals surface area contributed by atoms with Crippen LogP contribution in [0.2, 0.25) is 5.02 Å². The van der Waals surface area contributed by atoms with E-state index in [0.717, 1.165) is 34.9 Å². The summed E-state index contributed by atoms with van der Waals surface area (Å²) in [5, 5.41) is 10.9. The molecule has 16 heteroatoms. The summed E-state index contributed by atoms with van der Waals surface area (Å²) in [4.78, 5) is 36.9. The number of thioether (sulfide) groups is 1. The van der Waals surface area contributed by atoms with E-state index in [1.807, 2.05) is 0 Å². The van der Waals surface area contributed by atoms with Crippen molar-refractivity contribution in [1.29, 1.82) is 0 Å². The average Bonchev–Trinajstić information content (AvgIpc) is 3.49. The summed E-state index contributed by atoms with van der Waals surface area (Å²) in [7, 11) is -3.21. The molecule has 3 aromatic carbocycles. The third-order valence-corrected chi connectivity index (χ3v) is 8.87. The van der Waals surface area contributed by atoms with Gasteiger partial charge in [-0.25, -0.2) is 0 Å². The van der Waals surface area contributed by atoms with Crippen LogP contribution in [0.4, 0.5) is 10.5 Å². The highest BCUT2D eigenvalue weighted by atomic mass is 79.9. The number of hydrogen-bond acceptors (Lipinski definition) is 11. The van der Waals surface area contributed by atoms with Crippen molar-refractivity contribution in [3.05, 3.63) is 84.2 Å². The predicted molar refractivity (Wildman–Crippen MR) is 151 cm³/mol. The first-order chi connectivity index (χ1) is 19.5. The van der Waals surface area contributed by atoms with Crippen LogP contribution in [0.3, 0.4) is 0 Å². The smallest absolute Gasteiger partial charge is 0.339 e. The number of amides is 2. The molecule has 1 fully saturated rings. The van der Waals surface area contributed by atoms with Crippen molar-refractivity contribution in [1.82, 2.24) is 4.90 Å². The molecule has 2 aliphatic rings. The van der Waals surface area contributed by atoms with E-state index in [-0.39, 0.29) is 34.2 Å². The lowest BCUT2D eigenvalue weighted by molar-refractivity contribution is -0.385. The van der Waals surface area contributed by atoms with Crippen molar-refractivity contribution in [2.75, 3.05) is 13.9 Å². The van der Waals surface area contributed by atoms with Crippen LogP contribution in [0.5, 0.6) is 23.0 Å². The highest BCUT2D eigenvalue weighted by Crippen LogP contribution is 2.42. The molecule has 0 saturated carbocycles. The Hall–Kier alpha value is -3.79. The quantitative estimate of drug-likeness (QED) is 0.123. The zero-order chi connectivity index (χ0) is 29.5. The standard InChI is InChI=1S/C25H16BrClN2O10S2/c1-36-21-6-13(5-17(26)23(21)39-41(34,35)16-4-2-3-15(9-16)29(32)33)7-22-24(30)28(25(31)40-22)11-14-8-19-20(10-18(14)27)38-12-37-19/h2-10H,11-12H2,1H3/b22-7-. The summed E-state index contributed by atoms with van der Waals surface area (Å²) in [6.45, 7) is -0.0459. The van der Waals surface area contributed by atoms with Gasteiger partial charge in [-0.15, -0.1) is 0 Å². The summed E-state index contributed by atoms with van der Waals surface area (Å²) in [5.41, 5.74) is 0.460. The monoisotopic (exact) mass is 682 g/mol. The van der Waals surface area contributed by atoms with Gasteiger partial charge in [0.05, 0.1) is 28.0 Å². The van der Waals surface area contributed by atoms with Gasteiger partial charge >= 0.3 is 10.1 Å². The predicted octanol–water partition coefficient (Wildman–Crippen LogP) is 5.75. The first-order valence-electron chi connectivity index (χ1n) is 11.4. The largest absolute Gasteiger partial charge is 0.493 e. The van der Waals surface area contributed by atoms with E-state index in [1.54, 1.807) is 12.1 Å². The maximum absolute atomic E-state index is 13.1. The Bertz CT molecular complexity index is 1760. The number of carbonyl (C=O) groups is 2. The van der Waals surface area contributed by atoms with Crippen LogP contribution in [0.25, 0.3) is 6.08 Å². The number of fused-ring (bicyclic) bond motifs is 1. The Morgan fingerprint density at radius 1 is 1.17 bits per heavy atom. The molecule has 0 N–H and O–H groups in total. The number of ether oxygens (including phenoxy) is 3. The molecule has 0 unspecified atom stereocenters. The van der Waals surface area contributed by atoms with E-state index in [1.165, 1.54) is 31.4 Å². The summed E-state index contributed by atoms with van der Waals surface area (Å²) in [6.07, 6.45) is 1.44. The van der Waals surface area contributed by atoms with E-state index in [2.05, 4.69) is 15.9 Å². The number of hydrogen-bond donors (Lipinski definition) is 0. The minimum absolute atomic E-state index is 0.0222. The number of nitro groups is 1. The second kappa shape index (κ2) is 11.2. The van der Waals surface area contributed by atoms with Gasteiger partial charge in [-0.2, -0.15) is 8.42 Å². The van der Waals surface area contributed by atoms with Gasteiger partial charge in [0.1, 0.15) is 4.90 Å². The molecule has 0 bridgehead atoms. The normalized spacial score (nSPS) is 15.5. The third kappa shape index (κ3) is 5.84. The third-order valence-electron chi connectivity index (χ3n) is 5.80. The summed E-state index contributed by atoms with van der Waals surface area (Å²) < 4.78 is 47.1. The Labute approximate surface area is 250 Å². The summed E-state index contributed by atoms with van der Waals surface area (Å²) >= 11 is 10.3. The molecule has 2 aliphatic heterocycles. The van der Waals surface area contributed by atoms with Crippen molar-refractivity contribution in [3.63, 3.8) is 0 Å². The van der Waals surface area contributed by atoms with Crippen molar-refractivity contribution in [2.45, 2.75) is 11.4 Å². The number of benzene rings is 3. The van der Waals surface area contributed by atoms with E-state index < -0.39 is 36.8 Å². The van der Waals surface area contributed by atoms with Crippen molar-refractivity contribution >= 4 is 72.3 Å². The van der Waals surface area contributed by atoms with Gasteiger partial charge in [0.2, 0.25) is 6.79 Å². The average molecular weight is 684 g/mol. The molecule has 0 spiro atoms.